The maximum absolute atomic E-state index is 11.9. The molecule has 0 aliphatic rings. The average molecular weight is 310 g/mol. The Hall–Kier alpha value is -1.46. The van der Waals surface area contributed by atoms with Crippen LogP contribution < -0.4 is 5.32 Å². The molecule has 1 amide bonds. The highest BCUT2D eigenvalue weighted by Crippen LogP contribution is 2.22. The zero-order chi connectivity index (χ0) is 14.8. The van der Waals surface area contributed by atoms with Crippen molar-refractivity contribution in [3.63, 3.8) is 0 Å². The van der Waals surface area contributed by atoms with Gasteiger partial charge in [0.25, 0.3) is 0 Å². The molecule has 0 saturated heterocycles. The highest BCUT2D eigenvalue weighted by atomic mass is 35.5. The molecule has 106 valence electrons. The normalized spacial score (nSPS) is 11.4. The van der Waals surface area contributed by atoms with Crippen molar-refractivity contribution < 1.29 is 4.79 Å². The lowest BCUT2D eigenvalue weighted by Crippen LogP contribution is -2.27. The van der Waals surface area contributed by atoms with Crippen molar-refractivity contribution in [2.24, 2.45) is 5.41 Å². The van der Waals surface area contributed by atoms with E-state index in [1.807, 2.05) is 45.0 Å². The average Bonchev–Trinajstić information content (AvgIpc) is 2.78. The van der Waals surface area contributed by atoms with Crippen molar-refractivity contribution in [3.8, 4) is 0 Å². The maximum atomic E-state index is 11.9. The Kier molecular flexibility index (Phi) is 4.40. The van der Waals surface area contributed by atoms with E-state index in [0.29, 0.717) is 16.6 Å². The van der Waals surface area contributed by atoms with Gasteiger partial charge in [-0.15, -0.1) is 10.2 Å². The molecule has 2 aromatic rings. The predicted molar refractivity (Wildman–Crippen MR) is 82.3 cm³/mol. The van der Waals surface area contributed by atoms with Gasteiger partial charge in [-0.3, -0.25) is 4.79 Å². The molecule has 0 radical (unpaired) electrons. The number of carbonyl (C=O) groups excluding carboxylic acids is 1. The van der Waals surface area contributed by atoms with E-state index >= 15 is 0 Å². The molecule has 1 heterocycles. The largest absolute Gasteiger partial charge is 0.300 e. The Bertz CT molecular complexity index is 602. The lowest BCUT2D eigenvalue weighted by atomic mass is 9.96. The lowest BCUT2D eigenvalue weighted by molar-refractivity contribution is -0.123. The number of hydrogen-bond donors (Lipinski definition) is 1. The van der Waals surface area contributed by atoms with E-state index in [1.165, 1.54) is 11.3 Å². The Labute approximate surface area is 127 Å². The molecule has 0 unspecified atom stereocenters. The predicted octanol–water partition coefficient (Wildman–Crippen LogP) is 3.77. The van der Waals surface area contributed by atoms with Crippen molar-refractivity contribution in [1.29, 1.82) is 0 Å². The zero-order valence-electron chi connectivity index (χ0n) is 11.6. The third-order valence-electron chi connectivity index (χ3n) is 2.64. The van der Waals surface area contributed by atoms with E-state index in [-0.39, 0.29) is 5.91 Å². The molecular weight excluding hydrogens is 294 g/mol. The molecule has 1 aromatic heterocycles. The Morgan fingerprint density at radius 3 is 2.50 bits per heavy atom. The Balaban J connectivity index is 2.02. The van der Waals surface area contributed by atoms with Crippen LogP contribution in [0.5, 0.6) is 0 Å². The fourth-order valence-electron chi connectivity index (χ4n) is 1.44. The van der Waals surface area contributed by atoms with Crippen LogP contribution in [-0.4, -0.2) is 16.1 Å². The Morgan fingerprint density at radius 1 is 1.25 bits per heavy atom. The molecule has 1 N–H and O–H groups in total. The molecule has 6 heteroatoms. The van der Waals surface area contributed by atoms with Crippen LogP contribution in [0.3, 0.4) is 0 Å². The molecule has 20 heavy (non-hydrogen) atoms. The van der Waals surface area contributed by atoms with Gasteiger partial charge in [-0.1, -0.05) is 55.8 Å². The number of carbonyl (C=O) groups is 1. The van der Waals surface area contributed by atoms with Crippen LogP contribution in [0.4, 0.5) is 5.13 Å². The summed E-state index contributed by atoms with van der Waals surface area (Å²) < 4.78 is 0. The third kappa shape index (κ3) is 4.02. The van der Waals surface area contributed by atoms with Crippen LogP contribution in [0.1, 0.15) is 31.3 Å². The van der Waals surface area contributed by atoms with Crippen LogP contribution in [-0.2, 0) is 11.2 Å². The van der Waals surface area contributed by atoms with Crippen molar-refractivity contribution in [2.75, 3.05) is 5.32 Å². The van der Waals surface area contributed by atoms with Crippen LogP contribution in [0.2, 0.25) is 5.02 Å². The third-order valence-corrected chi connectivity index (χ3v) is 3.73. The van der Waals surface area contributed by atoms with E-state index in [9.17, 15) is 4.79 Å². The highest BCUT2D eigenvalue weighted by molar-refractivity contribution is 7.15. The highest BCUT2D eigenvalue weighted by Gasteiger charge is 2.22. The summed E-state index contributed by atoms with van der Waals surface area (Å²) in [6, 6.07) is 7.61. The van der Waals surface area contributed by atoms with E-state index in [0.717, 1.165) is 10.6 Å². The summed E-state index contributed by atoms with van der Waals surface area (Å²) in [5.74, 6) is -0.0632. The molecule has 0 bridgehead atoms. The van der Waals surface area contributed by atoms with Gasteiger partial charge in [-0.2, -0.15) is 0 Å². The number of rotatable bonds is 3. The molecule has 4 nitrogen and oxygen atoms in total. The number of aromatic nitrogens is 2. The molecule has 0 aliphatic heterocycles. The summed E-state index contributed by atoms with van der Waals surface area (Å²) in [7, 11) is 0. The van der Waals surface area contributed by atoms with Crippen LogP contribution in [0.15, 0.2) is 24.3 Å². The van der Waals surface area contributed by atoms with E-state index in [1.54, 1.807) is 0 Å². The number of benzene rings is 1. The van der Waals surface area contributed by atoms with Gasteiger partial charge in [0, 0.05) is 16.9 Å². The van der Waals surface area contributed by atoms with Crippen LogP contribution in [0, 0.1) is 5.41 Å². The summed E-state index contributed by atoms with van der Waals surface area (Å²) in [6.45, 7) is 5.58. The number of amides is 1. The molecule has 0 fully saturated rings. The van der Waals surface area contributed by atoms with Gasteiger partial charge in [0.2, 0.25) is 11.0 Å². The van der Waals surface area contributed by atoms with Crippen molar-refractivity contribution >= 4 is 34.0 Å². The smallest absolute Gasteiger partial charge is 0.231 e. The second kappa shape index (κ2) is 5.89. The van der Waals surface area contributed by atoms with Gasteiger partial charge in [-0.25, -0.2) is 0 Å². The van der Waals surface area contributed by atoms with Gasteiger partial charge in [-0.05, 0) is 17.7 Å². The van der Waals surface area contributed by atoms with E-state index < -0.39 is 5.41 Å². The molecule has 0 spiro atoms. The number of halogens is 1. The fraction of sp³-hybridized carbons (Fsp3) is 0.357. The van der Waals surface area contributed by atoms with Gasteiger partial charge < -0.3 is 5.32 Å². The van der Waals surface area contributed by atoms with Crippen molar-refractivity contribution in [3.05, 3.63) is 39.9 Å². The van der Waals surface area contributed by atoms with Crippen LogP contribution >= 0.6 is 22.9 Å². The summed E-state index contributed by atoms with van der Waals surface area (Å²) in [4.78, 5) is 11.9. The lowest BCUT2D eigenvalue weighted by Gasteiger charge is -2.15. The molecule has 1 aromatic carbocycles. The Morgan fingerprint density at radius 2 is 1.90 bits per heavy atom. The second-order valence-corrected chi connectivity index (χ2v) is 7.01. The van der Waals surface area contributed by atoms with Crippen molar-refractivity contribution in [1.82, 2.24) is 10.2 Å². The maximum Gasteiger partial charge on any atom is 0.231 e. The minimum atomic E-state index is -0.442. The quantitative estimate of drug-likeness (QED) is 0.939. The van der Waals surface area contributed by atoms with Gasteiger partial charge in [0.1, 0.15) is 5.01 Å². The molecule has 2 rings (SSSR count). The topological polar surface area (TPSA) is 54.9 Å². The summed E-state index contributed by atoms with van der Waals surface area (Å²) in [5, 5.41) is 13.0. The number of nitrogens with zero attached hydrogens (tertiary/aromatic N) is 2. The molecule has 0 aliphatic carbocycles. The zero-order valence-corrected chi connectivity index (χ0v) is 13.2. The molecule has 0 atom stereocenters. The fourth-order valence-corrected chi connectivity index (χ4v) is 2.33. The minimum Gasteiger partial charge on any atom is -0.300 e. The first kappa shape index (κ1) is 14.9. The monoisotopic (exact) mass is 309 g/mol. The number of nitrogens with one attached hydrogen (secondary N) is 1. The minimum absolute atomic E-state index is 0.0632. The van der Waals surface area contributed by atoms with E-state index in [2.05, 4.69) is 15.5 Å². The summed E-state index contributed by atoms with van der Waals surface area (Å²) in [6.07, 6.45) is 0.681. The second-order valence-electron chi connectivity index (χ2n) is 5.51. The number of anilines is 1. The van der Waals surface area contributed by atoms with Crippen LogP contribution in [0.25, 0.3) is 0 Å². The summed E-state index contributed by atoms with van der Waals surface area (Å²) >= 11 is 7.24. The first-order valence-corrected chi connectivity index (χ1v) is 7.42. The summed E-state index contributed by atoms with van der Waals surface area (Å²) in [5.41, 5.74) is 0.668. The SMILES string of the molecule is CC(C)(C)C(=O)Nc1nnc(Cc2ccc(Cl)cc2)s1. The van der Waals surface area contributed by atoms with Gasteiger partial charge in [0.15, 0.2) is 0 Å². The number of hydrogen-bond acceptors (Lipinski definition) is 4. The first-order chi connectivity index (χ1) is 9.34. The van der Waals surface area contributed by atoms with E-state index in [4.69, 9.17) is 11.6 Å². The first-order valence-electron chi connectivity index (χ1n) is 6.23. The van der Waals surface area contributed by atoms with Gasteiger partial charge in [0.05, 0.1) is 0 Å². The molecular formula is C14H16ClN3OS. The van der Waals surface area contributed by atoms with Crippen molar-refractivity contribution in [2.45, 2.75) is 27.2 Å². The standard InChI is InChI=1S/C14H16ClN3OS/c1-14(2,3)12(19)16-13-18-17-11(20-13)8-9-4-6-10(15)7-5-9/h4-7H,8H2,1-3H3,(H,16,18,19). The molecule has 0 saturated carbocycles. The van der Waals surface area contributed by atoms with Gasteiger partial charge >= 0.3 is 0 Å².